The molecule has 0 aliphatic carbocycles. The van der Waals surface area contributed by atoms with E-state index in [1.807, 2.05) is 13.8 Å². The number of carbonyl (C=O) groups excluding carboxylic acids is 4. The molecule has 2 atom stereocenters. The molecule has 0 saturated carbocycles. The van der Waals surface area contributed by atoms with E-state index in [0.717, 1.165) is 37.8 Å². The average Bonchev–Trinajstić information content (AvgIpc) is 2.60. The molecular formula is C18H28O8. The van der Waals surface area contributed by atoms with Gasteiger partial charge in [0.15, 0.2) is 12.2 Å². The van der Waals surface area contributed by atoms with Crippen molar-refractivity contribution >= 4 is 23.9 Å². The second-order valence-corrected chi connectivity index (χ2v) is 5.53. The third kappa shape index (κ3) is 11.2. The summed E-state index contributed by atoms with van der Waals surface area (Å²) in [5, 5.41) is 0. The van der Waals surface area contributed by atoms with Gasteiger partial charge in [-0.2, -0.15) is 0 Å². The predicted molar refractivity (Wildman–Crippen MR) is 92.0 cm³/mol. The molecule has 8 heteroatoms. The number of ether oxygens (including phenoxy) is 4. The minimum absolute atomic E-state index is 0.256. The fourth-order valence-electron chi connectivity index (χ4n) is 1.53. The monoisotopic (exact) mass is 372 g/mol. The van der Waals surface area contributed by atoms with Gasteiger partial charge in [0.2, 0.25) is 0 Å². The van der Waals surface area contributed by atoms with Crippen LogP contribution in [0.4, 0.5) is 0 Å². The van der Waals surface area contributed by atoms with Gasteiger partial charge in [-0.1, -0.05) is 26.7 Å². The lowest BCUT2D eigenvalue weighted by Gasteiger charge is -2.12. The highest BCUT2D eigenvalue weighted by Crippen LogP contribution is 2.01. The molecule has 0 spiro atoms. The lowest BCUT2D eigenvalue weighted by atomic mass is 10.3. The highest BCUT2D eigenvalue weighted by atomic mass is 16.6. The van der Waals surface area contributed by atoms with Crippen LogP contribution >= 0.6 is 0 Å². The summed E-state index contributed by atoms with van der Waals surface area (Å²) in [6, 6.07) is 0. The predicted octanol–water partition coefficient (Wildman–Crippen LogP) is 2.09. The Bertz CT molecular complexity index is 453. The Labute approximate surface area is 153 Å². The molecule has 0 heterocycles. The van der Waals surface area contributed by atoms with Crippen LogP contribution in [0.15, 0.2) is 12.2 Å². The lowest BCUT2D eigenvalue weighted by Crippen LogP contribution is -2.27. The fraction of sp³-hybridized carbons (Fsp3) is 0.667. The van der Waals surface area contributed by atoms with Gasteiger partial charge in [-0.15, -0.1) is 0 Å². The molecule has 0 rings (SSSR count). The van der Waals surface area contributed by atoms with E-state index in [2.05, 4.69) is 0 Å². The molecule has 0 amide bonds. The minimum atomic E-state index is -1.09. The zero-order chi connectivity index (χ0) is 19.9. The molecule has 0 aromatic rings. The number of hydrogen-bond acceptors (Lipinski definition) is 8. The van der Waals surface area contributed by atoms with Crippen molar-refractivity contribution in [2.75, 3.05) is 13.2 Å². The van der Waals surface area contributed by atoms with Gasteiger partial charge in [0.1, 0.15) is 0 Å². The Kier molecular flexibility index (Phi) is 12.6. The first-order valence-electron chi connectivity index (χ1n) is 8.74. The SMILES string of the molecule is CCCCOC(=O)[C@H](C)OC(=O)/C=C/C(=O)O[C@H](C)C(=O)OCCCC. The van der Waals surface area contributed by atoms with E-state index in [1.54, 1.807) is 0 Å². The van der Waals surface area contributed by atoms with E-state index in [9.17, 15) is 19.2 Å². The van der Waals surface area contributed by atoms with Gasteiger partial charge < -0.3 is 18.9 Å². The van der Waals surface area contributed by atoms with Crippen molar-refractivity contribution in [1.29, 1.82) is 0 Å². The van der Waals surface area contributed by atoms with Crippen LogP contribution in [-0.2, 0) is 38.1 Å². The van der Waals surface area contributed by atoms with Crippen molar-refractivity contribution in [3.63, 3.8) is 0 Å². The molecule has 0 aromatic carbocycles. The van der Waals surface area contributed by atoms with Gasteiger partial charge in [0.05, 0.1) is 13.2 Å². The van der Waals surface area contributed by atoms with Crippen molar-refractivity contribution in [2.24, 2.45) is 0 Å². The second kappa shape index (κ2) is 13.9. The van der Waals surface area contributed by atoms with Crippen LogP contribution in [-0.4, -0.2) is 49.3 Å². The topological polar surface area (TPSA) is 105 Å². The third-order valence-corrected chi connectivity index (χ3v) is 3.09. The zero-order valence-electron chi connectivity index (χ0n) is 15.8. The van der Waals surface area contributed by atoms with Crippen molar-refractivity contribution < 1.29 is 38.1 Å². The Morgan fingerprint density at radius 1 is 0.731 bits per heavy atom. The molecule has 0 radical (unpaired) electrons. The fourth-order valence-corrected chi connectivity index (χ4v) is 1.53. The number of unbranched alkanes of at least 4 members (excludes halogenated alkanes) is 2. The number of esters is 4. The van der Waals surface area contributed by atoms with Gasteiger partial charge in [-0.3, -0.25) is 0 Å². The maximum atomic E-state index is 11.6. The van der Waals surface area contributed by atoms with E-state index in [1.165, 1.54) is 13.8 Å². The molecule has 0 aliphatic rings. The summed E-state index contributed by atoms with van der Waals surface area (Å²) in [6.07, 6.45) is 2.63. The van der Waals surface area contributed by atoms with Crippen LogP contribution < -0.4 is 0 Å². The van der Waals surface area contributed by atoms with Crippen molar-refractivity contribution in [1.82, 2.24) is 0 Å². The smallest absolute Gasteiger partial charge is 0.347 e. The van der Waals surface area contributed by atoms with Gasteiger partial charge >= 0.3 is 23.9 Å². The normalized spacial score (nSPS) is 12.9. The van der Waals surface area contributed by atoms with E-state index >= 15 is 0 Å². The lowest BCUT2D eigenvalue weighted by molar-refractivity contribution is -0.164. The van der Waals surface area contributed by atoms with Gasteiger partial charge in [-0.05, 0) is 26.7 Å². The summed E-state index contributed by atoms with van der Waals surface area (Å²) >= 11 is 0. The summed E-state index contributed by atoms with van der Waals surface area (Å²) < 4.78 is 19.4. The summed E-state index contributed by atoms with van der Waals surface area (Å²) in [7, 11) is 0. The molecular weight excluding hydrogens is 344 g/mol. The number of carbonyl (C=O) groups is 4. The maximum Gasteiger partial charge on any atom is 0.347 e. The molecule has 0 bridgehead atoms. The molecule has 148 valence electrons. The van der Waals surface area contributed by atoms with E-state index in [-0.39, 0.29) is 13.2 Å². The van der Waals surface area contributed by atoms with Gasteiger partial charge in [0.25, 0.3) is 0 Å². The summed E-state index contributed by atoms with van der Waals surface area (Å²) in [6.45, 7) is 7.15. The summed E-state index contributed by atoms with van der Waals surface area (Å²) in [4.78, 5) is 46.2. The summed E-state index contributed by atoms with van der Waals surface area (Å²) in [5.74, 6) is -3.13. The van der Waals surface area contributed by atoms with Crippen LogP contribution in [0.3, 0.4) is 0 Å². The number of rotatable bonds is 12. The third-order valence-electron chi connectivity index (χ3n) is 3.09. The van der Waals surface area contributed by atoms with E-state index < -0.39 is 36.1 Å². The largest absolute Gasteiger partial charge is 0.463 e. The molecule has 0 aromatic heterocycles. The Morgan fingerprint density at radius 3 is 1.38 bits per heavy atom. The molecule has 0 N–H and O–H groups in total. The Morgan fingerprint density at radius 2 is 1.08 bits per heavy atom. The van der Waals surface area contributed by atoms with Crippen LogP contribution in [0.25, 0.3) is 0 Å². The van der Waals surface area contributed by atoms with Crippen molar-refractivity contribution in [3.05, 3.63) is 12.2 Å². The molecule has 0 unspecified atom stereocenters. The molecule has 0 aliphatic heterocycles. The molecule has 0 saturated heterocycles. The van der Waals surface area contributed by atoms with Crippen LogP contribution in [0.5, 0.6) is 0 Å². The zero-order valence-corrected chi connectivity index (χ0v) is 15.8. The van der Waals surface area contributed by atoms with Gasteiger partial charge in [-0.25, -0.2) is 19.2 Å². The van der Waals surface area contributed by atoms with Crippen molar-refractivity contribution in [2.45, 2.75) is 65.6 Å². The second-order valence-electron chi connectivity index (χ2n) is 5.53. The number of hydrogen-bond donors (Lipinski definition) is 0. The first-order chi connectivity index (χ1) is 12.3. The first-order valence-corrected chi connectivity index (χ1v) is 8.74. The first kappa shape index (κ1) is 23.6. The highest BCUT2D eigenvalue weighted by molar-refractivity contribution is 5.93. The maximum absolute atomic E-state index is 11.6. The minimum Gasteiger partial charge on any atom is -0.463 e. The van der Waals surface area contributed by atoms with Crippen LogP contribution in [0.1, 0.15) is 53.4 Å². The van der Waals surface area contributed by atoms with Crippen LogP contribution in [0.2, 0.25) is 0 Å². The molecule has 26 heavy (non-hydrogen) atoms. The highest BCUT2D eigenvalue weighted by Gasteiger charge is 2.20. The standard InChI is InChI=1S/C18H28O8/c1-5-7-11-23-17(21)13(3)25-15(19)9-10-16(20)26-14(4)18(22)24-12-8-6-2/h9-10,13-14H,5-8,11-12H2,1-4H3/b10-9+/t13-,14+. The molecule has 8 nitrogen and oxygen atoms in total. The van der Waals surface area contributed by atoms with Crippen LogP contribution in [0, 0.1) is 0 Å². The average molecular weight is 372 g/mol. The Hall–Kier alpha value is -2.38. The van der Waals surface area contributed by atoms with Gasteiger partial charge in [0, 0.05) is 12.2 Å². The van der Waals surface area contributed by atoms with E-state index in [0.29, 0.717) is 0 Å². The van der Waals surface area contributed by atoms with Crippen molar-refractivity contribution in [3.8, 4) is 0 Å². The Balaban J connectivity index is 4.23. The quantitative estimate of drug-likeness (QED) is 0.222. The molecule has 0 fully saturated rings. The summed E-state index contributed by atoms with van der Waals surface area (Å²) in [5.41, 5.74) is 0. The van der Waals surface area contributed by atoms with E-state index in [4.69, 9.17) is 18.9 Å².